The van der Waals surface area contributed by atoms with Crippen molar-refractivity contribution in [2.75, 3.05) is 0 Å². The van der Waals surface area contributed by atoms with Crippen molar-refractivity contribution in [1.29, 1.82) is 0 Å². The number of rotatable bonds is 6. The van der Waals surface area contributed by atoms with Crippen LogP contribution in [0.3, 0.4) is 0 Å². The van der Waals surface area contributed by atoms with Crippen LogP contribution in [-0.4, -0.2) is 45.4 Å². The maximum atomic E-state index is 11.9. The Morgan fingerprint density at radius 1 is 1.30 bits per heavy atom. The Kier molecular flexibility index (Phi) is 5.62. The Morgan fingerprint density at radius 2 is 1.96 bits per heavy atom. The molecule has 0 aliphatic carbocycles. The molecule has 1 atom stereocenters. The number of nitrogens with zero attached hydrogens (tertiary/aromatic N) is 2. The van der Waals surface area contributed by atoms with Crippen LogP contribution >= 0.6 is 21.6 Å². The van der Waals surface area contributed by atoms with Crippen molar-refractivity contribution in [1.82, 2.24) is 10.0 Å². The first-order chi connectivity index (χ1) is 10.8. The number of hydrogen-bond acceptors (Lipinski definition) is 9. The third-order valence-corrected chi connectivity index (χ3v) is 6.88. The molecule has 9 nitrogen and oxygen atoms in total. The number of carbonyl (C=O) groups is 3. The van der Waals surface area contributed by atoms with E-state index in [4.69, 9.17) is 4.55 Å². The third kappa shape index (κ3) is 4.67. The van der Waals surface area contributed by atoms with Crippen LogP contribution in [0.15, 0.2) is 29.4 Å². The molecule has 1 unspecified atom stereocenters. The number of hydroxylamine groups is 2. The average molecular weight is 378 g/mol. The van der Waals surface area contributed by atoms with Crippen molar-refractivity contribution in [2.45, 2.75) is 22.4 Å². The summed E-state index contributed by atoms with van der Waals surface area (Å²) in [7, 11) is -3.53. The van der Waals surface area contributed by atoms with E-state index in [0.29, 0.717) is 15.8 Å². The van der Waals surface area contributed by atoms with Crippen molar-refractivity contribution in [2.24, 2.45) is 0 Å². The summed E-state index contributed by atoms with van der Waals surface area (Å²) in [4.78, 5) is 43.1. The molecule has 23 heavy (non-hydrogen) atoms. The normalized spacial score (nSPS) is 16.5. The van der Waals surface area contributed by atoms with Crippen molar-refractivity contribution in [3.8, 4) is 0 Å². The van der Waals surface area contributed by atoms with Crippen LogP contribution in [0.1, 0.15) is 12.8 Å². The van der Waals surface area contributed by atoms with E-state index in [1.165, 1.54) is 6.20 Å². The van der Waals surface area contributed by atoms with Crippen LogP contribution in [0.5, 0.6) is 0 Å². The maximum Gasteiger partial charge on any atom is 0.364 e. The fourth-order valence-electron chi connectivity index (χ4n) is 1.49. The molecule has 2 rings (SSSR count). The van der Waals surface area contributed by atoms with E-state index in [2.05, 4.69) is 9.82 Å². The molecule has 1 N–H and O–H groups in total. The highest BCUT2D eigenvalue weighted by Gasteiger charge is 2.40. The van der Waals surface area contributed by atoms with Gasteiger partial charge in [-0.15, -0.1) is 5.06 Å². The summed E-state index contributed by atoms with van der Waals surface area (Å²) in [6, 6.07) is 4.86. The Labute approximate surface area is 138 Å². The van der Waals surface area contributed by atoms with Crippen LogP contribution < -0.4 is 0 Å². The minimum Gasteiger partial charge on any atom is -0.328 e. The van der Waals surface area contributed by atoms with Gasteiger partial charge in [0, 0.05) is 19.0 Å². The van der Waals surface area contributed by atoms with Gasteiger partial charge in [0.25, 0.3) is 21.9 Å². The maximum absolute atomic E-state index is 11.9. The molecule has 0 radical (unpaired) electrons. The third-order valence-electron chi connectivity index (χ3n) is 2.51. The summed E-state index contributed by atoms with van der Waals surface area (Å²) in [5.41, 5.74) is 0. The van der Waals surface area contributed by atoms with Crippen molar-refractivity contribution >= 4 is 49.5 Å². The zero-order valence-corrected chi connectivity index (χ0v) is 13.8. The summed E-state index contributed by atoms with van der Waals surface area (Å²) in [6.45, 7) is 0. The summed E-state index contributed by atoms with van der Waals surface area (Å²) >= 11 is 0. The van der Waals surface area contributed by atoms with E-state index >= 15 is 0 Å². The quantitative estimate of drug-likeness (QED) is 0.427. The van der Waals surface area contributed by atoms with Gasteiger partial charge in [0.1, 0.15) is 5.03 Å². The first-order valence-electron chi connectivity index (χ1n) is 6.07. The standard InChI is InChI=1S/C11H10N2O7S3/c14-8-4-5-9(15)13(8)20-10(16)11(23(17,18)19)22-21-7-3-1-2-6-12-7/h1-3,6,11H,4-5H2,(H,17,18,19). The second-order valence-electron chi connectivity index (χ2n) is 4.19. The highest BCUT2D eigenvalue weighted by atomic mass is 33.1. The molecule has 12 heteroatoms. The number of carbonyl (C=O) groups excluding carboxylic acids is 3. The largest absolute Gasteiger partial charge is 0.364 e. The molecule has 0 saturated carbocycles. The van der Waals surface area contributed by atoms with E-state index < -0.39 is 32.5 Å². The molecule has 1 aliphatic heterocycles. The van der Waals surface area contributed by atoms with Gasteiger partial charge < -0.3 is 4.84 Å². The summed E-state index contributed by atoms with van der Waals surface area (Å²) < 4.78 is 29.8. The van der Waals surface area contributed by atoms with Gasteiger partial charge in [0.15, 0.2) is 0 Å². The molecule has 2 amide bonds. The minimum atomic E-state index is -4.82. The zero-order valence-electron chi connectivity index (χ0n) is 11.3. The predicted molar refractivity (Wildman–Crippen MR) is 80.2 cm³/mol. The predicted octanol–water partition coefficient (Wildman–Crippen LogP) is 0.643. The van der Waals surface area contributed by atoms with E-state index in [1.807, 2.05) is 0 Å². The highest BCUT2D eigenvalue weighted by Crippen LogP contribution is 2.36. The van der Waals surface area contributed by atoms with E-state index in [9.17, 15) is 22.8 Å². The molecule has 1 saturated heterocycles. The molecule has 1 fully saturated rings. The van der Waals surface area contributed by atoms with E-state index in [0.717, 1.165) is 10.8 Å². The van der Waals surface area contributed by atoms with E-state index in [1.54, 1.807) is 18.2 Å². The van der Waals surface area contributed by atoms with Crippen LogP contribution in [0, 0.1) is 0 Å². The van der Waals surface area contributed by atoms with Crippen LogP contribution in [0.4, 0.5) is 0 Å². The lowest BCUT2D eigenvalue weighted by atomic mass is 10.4. The Hall–Kier alpha value is -1.63. The average Bonchev–Trinajstić information content (AvgIpc) is 2.79. The first kappa shape index (κ1) is 17.7. The van der Waals surface area contributed by atoms with Crippen molar-refractivity contribution in [3.05, 3.63) is 24.4 Å². The van der Waals surface area contributed by atoms with E-state index in [-0.39, 0.29) is 17.9 Å². The Bertz CT molecular complexity index is 706. The molecule has 124 valence electrons. The van der Waals surface area contributed by atoms with Gasteiger partial charge in [0.2, 0.25) is 4.58 Å². The smallest absolute Gasteiger partial charge is 0.328 e. The molecule has 0 aromatic carbocycles. The fourth-order valence-corrected chi connectivity index (χ4v) is 5.06. The second-order valence-corrected chi connectivity index (χ2v) is 8.31. The minimum absolute atomic E-state index is 0.127. The fraction of sp³-hybridized carbons (Fsp3) is 0.273. The Morgan fingerprint density at radius 3 is 2.48 bits per heavy atom. The topological polar surface area (TPSA) is 131 Å². The van der Waals surface area contributed by atoms with Crippen LogP contribution in [0.2, 0.25) is 0 Å². The summed E-state index contributed by atoms with van der Waals surface area (Å²) in [5.74, 6) is -2.94. The lowest BCUT2D eigenvalue weighted by molar-refractivity contribution is -0.196. The van der Waals surface area contributed by atoms with Gasteiger partial charge in [-0.05, 0) is 22.9 Å². The van der Waals surface area contributed by atoms with Crippen LogP contribution in [-0.2, 0) is 29.3 Å². The lowest BCUT2D eigenvalue weighted by Gasteiger charge is -2.16. The second kappa shape index (κ2) is 7.29. The number of aromatic nitrogens is 1. The molecule has 1 aromatic heterocycles. The van der Waals surface area contributed by atoms with Crippen molar-refractivity contribution in [3.63, 3.8) is 0 Å². The monoisotopic (exact) mass is 378 g/mol. The van der Waals surface area contributed by atoms with Crippen molar-refractivity contribution < 1.29 is 32.2 Å². The number of hydrogen-bond donors (Lipinski definition) is 1. The highest BCUT2D eigenvalue weighted by molar-refractivity contribution is 8.78. The number of imide groups is 1. The summed E-state index contributed by atoms with van der Waals surface area (Å²) in [6.07, 6.45) is 1.21. The molecule has 1 aliphatic rings. The van der Waals surface area contributed by atoms with Gasteiger partial charge in [-0.1, -0.05) is 16.9 Å². The molecular weight excluding hydrogens is 368 g/mol. The molecule has 0 bridgehead atoms. The van der Waals surface area contributed by atoms with Gasteiger partial charge >= 0.3 is 5.97 Å². The molecule has 0 spiro atoms. The van der Waals surface area contributed by atoms with Crippen LogP contribution in [0.25, 0.3) is 0 Å². The number of amides is 2. The van der Waals surface area contributed by atoms with Gasteiger partial charge in [-0.25, -0.2) is 9.78 Å². The molecule has 2 heterocycles. The number of pyridine rings is 1. The first-order valence-corrected chi connectivity index (χ1v) is 9.79. The molecular formula is C11H10N2O7S3. The van der Waals surface area contributed by atoms with Gasteiger partial charge in [0.05, 0.1) is 0 Å². The Balaban J connectivity index is 2.07. The van der Waals surface area contributed by atoms with Gasteiger partial charge in [-0.3, -0.25) is 14.1 Å². The zero-order chi connectivity index (χ0) is 17.0. The molecule has 1 aromatic rings. The SMILES string of the molecule is O=C(ON1C(=O)CCC1=O)C(SSc1ccccn1)S(=O)(=O)O. The summed E-state index contributed by atoms with van der Waals surface area (Å²) in [5, 5.41) is 0.610. The lowest BCUT2D eigenvalue weighted by Crippen LogP contribution is -2.38. The van der Waals surface area contributed by atoms with Gasteiger partial charge in [-0.2, -0.15) is 8.42 Å².